The molecule has 0 bridgehead atoms. The number of carbonyl (C=O) groups excluding carboxylic acids is 1. The van der Waals surface area contributed by atoms with Crippen molar-refractivity contribution in [1.82, 2.24) is 14.9 Å². The highest BCUT2D eigenvalue weighted by molar-refractivity contribution is 7.98. The minimum atomic E-state index is -1.04. The van der Waals surface area contributed by atoms with E-state index >= 15 is 0 Å². The molecule has 4 aromatic rings. The third kappa shape index (κ3) is 7.18. The zero-order valence-corrected chi connectivity index (χ0v) is 22.5. The van der Waals surface area contributed by atoms with Gasteiger partial charge >= 0.3 is 5.97 Å². The fourth-order valence-electron chi connectivity index (χ4n) is 4.05. The molecule has 1 atom stereocenters. The van der Waals surface area contributed by atoms with Gasteiger partial charge in [-0.25, -0.2) is 9.78 Å². The van der Waals surface area contributed by atoms with Crippen LogP contribution in [0.4, 0.5) is 5.69 Å². The number of anilines is 1. The number of imidazole rings is 1. The minimum absolute atomic E-state index is 0.353. The van der Waals surface area contributed by atoms with Crippen molar-refractivity contribution < 1.29 is 14.7 Å². The lowest BCUT2D eigenvalue weighted by molar-refractivity contribution is -0.139. The standard InChI is InChI=1S/C29H29ClN4O3S/c1-38-14-13-27(29(36)37)33-28(35)25-12-11-23(15-26(25)21-5-3-2-4-6-21)32-17-24-16-31-19-34(24)18-20-7-9-22(30)10-8-20/h2-12,15-16,19,27,32H,13-14,17-18H2,1H3,(H,33,35)(H,36,37)/t27-/m0/s1. The minimum Gasteiger partial charge on any atom is -0.480 e. The smallest absolute Gasteiger partial charge is 0.326 e. The van der Waals surface area contributed by atoms with Crippen LogP contribution in [0.5, 0.6) is 0 Å². The number of carboxylic acids is 1. The SMILES string of the molecule is CSCC[C@H](NC(=O)c1ccc(NCc2cncn2Cc2ccc(Cl)cc2)cc1-c1ccccc1)C(=O)O. The summed E-state index contributed by atoms with van der Waals surface area (Å²) in [5.74, 6) is -0.813. The molecule has 0 fully saturated rings. The van der Waals surface area contributed by atoms with Gasteiger partial charge < -0.3 is 20.3 Å². The summed E-state index contributed by atoms with van der Waals surface area (Å²) in [5, 5.41) is 16.4. The monoisotopic (exact) mass is 548 g/mol. The number of thioether (sulfide) groups is 1. The highest BCUT2D eigenvalue weighted by atomic mass is 35.5. The molecule has 7 nitrogen and oxygen atoms in total. The predicted octanol–water partition coefficient (Wildman–Crippen LogP) is 5.80. The molecule has 0 spiro atoms. The van der Waals surface area contributed by atoms with E-state index in [2.05, 4.69) is 20.2 Å². The van der Waals surface area contributed by atoms with Crippen molar-refractivity contribution in [1.29, 1.82) is 0 Å². The topological polar surface area (TPSA) is 96.3 Å². The summed E-state index contributed by atoms with van der Waals surface area (Å²) >= 11 is 7.55. The quantitative estimate of drug-likeness (QED) is 0.207. The molecule has 1 heterocycles. The van der Waals surface area contributed by atoms with E-state index in [0.717, 1.165) is 28.1 Å². The Hall–Kier alpha value is -3.75. The molecule has 0 saturated heterocycles. The number of halogens is 1. The molecular weight excluding hydrogens is 520 g/mol. The number of carbonyl (C=O) groups is 2. The van der Waals surface area contributed by atoms with Gasteiger partial charge in [0.1, 0.15) is 6.04 Å². The summed E-state index contributed by atoms with van der Waals surface area (Å²) < 4.78 is 2.07. The molecule has 0 aliphatic carbocycles. The fourth-order valence-corrected chi connectivity index (χ4v) is 4.65. The van der Waals surface area contributed by atoms with Gasteiger partial charge in [0.15, 0.2) is 0 Å². The molecule has 3 aromatic carbocycles. The molecule has 1 aromatic heterocycles. The average Bonchev–Trinajstić information content (AvgIpc) is 3.38. The number of hydrogen-bond donors (Lipinski definition) is 3. The van der Waals surface area contributed by atoms with Crippen molar-refractivity contribution in [2.45, 2.75) is 25.6 Å². The van der Waals surface area contributed by atoms with Crippen molar-refractivity contribution in [2.75, 3.05) is 17.3 Å². The Balaban J connectivity index is 1.53. The van der Waals surface area contributed by atoms with Crippen LogP contribution < -0.4 is 10.6 Å². The Labute approximate surface area is 231 Å². The van der Waals surface area contributed by atoms with Gasteiger partial charge in [-0.3, -0.25) is 4.79 Å². The van der Waals surface area contributed by atoms with Crippen LogP contribution in [0.3, 0.4) is 0 Å². The highest BCUT2D eigenvalue weighted by Crippen LogP contribution is 2.28. The number of amides is 1. The van der Waals surface area contributed by atoms with E-state index in [1.54, 1.807) is 24.2 Å². The van der Waals surface area contributed by atoms with Crippen LogP contribution in [0.15, 0.2) is 85.3 Å². The number of hydrogen-bond acceptors (Lipinski definition) is 5. The second kappa shape index (κ2) is 13.2. The summed E-state index contributed by atoms with van der Waals surface area (Å²) in [7, 11) is 0. The lowest BCUT2D eigenvalue weighted by Gasteiger charge is -2.17. The van der Waals surface area contributed by atoms with Gasteiger partial charge in [-0.1, -0.05) is 54.1 Å². The maximum atomic E-state index is 13.2. The summed E-state index contributed by atoms with van der Waals surface area (Å²) in [6.45, 7) is 1.20. The molecule has 4 rings (SSSR count). The van der Waals surface area contributed by atoms with Crippen molar-refractivity contribution in [3.05, 3.63) is 107 Å². The summed E-state index contributed by atoms with van der Waals surface area (Å²) in [5.41, 5.74) is 4.96. The van der Waals surface area contributed by atoms with Gasteiger partial charge in [0.05, 0.1) is 18.6 Å². The normalized spacial score (nSPS) is 11.6. The average molecular weight is 549 g/mol. The van der Waals surface area contributed by atoms with E-state index in [0.29, 0.717) is 35.8 Å². The number of aromatic nitrogens is 2. The first-order chi connectivity index (χ1) is 18.4. The fraction of sp³-hybridized carbons (Fsp3) is 0.207. The molecular formula is C29H29ClN4O3S. The Morgan fingerprint density at radius 1 is 1.08 bits per heavy atom. The first kappa shape index (κ1) is 27.3. The zero-order valence-electron chi connectivity index (χ0n) is 20.9. The Morgan fingerprint density at radius 2 is 1.84 bits per heavy atom. The number of rotatable bonds is 12. The highest BCUT2D eigenvalue weighted by Gasteiger charge is 2.22. The molecule has 9 heteroatoms. The lowest BCUT2D eigenvalue weighted by Crippen LogP contribution is -2.41. The van der Waals surface area contributed by atoms with Crippen LogP contribution in [-0.4, -0.2) is 44.6 Å². The van der Waals surface area contributed by atoms with E-state index in [1.165, 1.54) is 0 Å². The van der Waals surface area contributed by atoms with Crippen LogP contribution in [0.2, 0.25) is 5.02 Å². The number of aliphatic carboxylic acids is 1. The Morgan fingerprint density at radius 3 is 2.55 bits per heavy atom. The van der Waals surface area contributed by atoms with Crippen molar-refractivity contribution >= 4 is 40.9 Å². The number of carboxylic acid groups (broad SMARTS) is 1. The largest absolute Gasteiger partial charge is 0.480 e. The van der Waals surface area contributed by atoms with E-state index < -0.39 is 17.9 Å². The van der Waals surface area contributed by atoms with Gasteiger partial charge in [0.2, 0.25) is 0 Å². The molecule has 3 N–H and O–H groups in total. The van der Waals surface area contributed by atoms with E-state index in [-0.39, 0.29) is 0 Å². The van der Waals surface area contributed by atoms with Gasteiger partial charge in [0.25, 0.3) is 5.91 Å². The second-order valence-electron chi connectivity index (χ2n) is 8.77. The number of nitrogens with one attached hydrogen (secondary N) is 2. The Bertz CT molecular complexity index is 1380. The Kier molecular flexibility index (Phi) is 9.46. The molecule has 0 saturated carbocycles. The van der Waals surface area contributed by atoms with E-state index in [9.17, 15) is 14.7 Å². The third-order valence-electron chi connectivity index (χ3n) is 6.10. The van der Waals surface area contributed by atoms with Gasteiger partial charge in [0, 0.05) is 29.0 Å². The third-order valence-corrected chi connectivity index (χ3v) is 7.00. The summed E-state index contributed by atoms with van der Waals surface area (Å²) in [6, 6.07) is 21.9. The van der Waals surface area contributed by atoms with Crippen molar-refractivity contribution in [3.63, 3.8) is 0 Å². The van der Waals surface area contributed by atoms with E-state index in [1.807, 2.05) is 79.2 Å². The van der Waals surface area contributed by atoms with Crippen LogP contribution in [0.1, 0.15) is 28.0 Å². The predicted molar refractivity (Wildman–Crippen MR) is 154 cm³/mol. The van der Waals surface area contributed by atoms with E-state index in [4.69, 9.17) is 11.6 Å². The molecule has 196 valence electrons. The first-order valence-corrected chi connectivity index (χ1v) is 13.9. The molecule has 1 amide bonds. The van der Waals surface area contributed by atoms with Crippen molar-refractivity contribution in [2.24, 2.45) is 0 Å². The van der Waals surface area contributed by atoms with Crippen LogP contribution >= 0.6 is 23.4 Å². The van der Waals surface area contributed by atoms with Crippen molar-refractivity contribution in [3.8, 4) is 11.1 Å². The molecule has 38 heavy (non-hydrogen) atoms. The molecule has 0 radical (unpaired) electrons. The number of benzene rings is 3. The van der Waals surface area contributed by atoms with Crippen LogP contribution in [0, 0.1) is 0 Å². The maximum Gasteiger partial charge on any atom is 0.326 e. The molecule has 0 aliphatic heterocycles. The maximum absolute atomic E-state index is 13.2. The second-order valence-corrected chi connectivity index (χ2v) is 10.2. The molecule has 0 unspecified atom stereocenters. The first-order valence-electron chi connectivity index (χ1n) is 12.1. The van der Waals surface area contributed by atoms with Gasteiger partial charge in [-0.15, -0.1) is 0 Å². The van der Waals surface area contributed by atoms with Gasteiger partial charge in [-0.2, -0.15) is 11.8 Å². The summed E-state index contributed by atoms with van der Waals surface area (Å²) in [6.07, 6.45) is 5.88. The van der Waals surface area contributed by atoms with Gasteiger partial charge in [-0.05, 0) is 65.5 Å². The number of nitrogens with zero attached hydrogens (tertiary/aromatic N) is 2. The lowest BCUT2D eigenvalue weighted by atomic mass is 9.98. The van der Waals surface area contributed by atoms with Crippen LogP contribution in [0.25, 0.3) is 11.1 Å². The molecule has 0 aliphatic rings. The summed E-state index contributed by atoms with van der Waals surface area (Å²) in [4.78, 5) is 29.2. The zero-order chi connectivity index (χ0) is 26.9. The van der Waals surface area contributed by atoms with Crippen LogP contribution in [-0.2, 0) is 17.9 Å².